The Hall–Kier alpha value is -2.81. The molecule has 7 nitrogen and oxygen atoms in total. The van der Waals surface area contributed by atoms with Gasteiger partial charge in [0, 0.05) is 17.1 Å². The minimum atomic E-state index is -0.383. The zero-order chi connectivity index (χ0) is 25.5. The van der Waals surface area contributed by atoms with Gasteiger partial charge < -0.3 is 15.2 Å². The van der Waals surface area contributed by atoms with Crippen LogP contribution in [0.15, 0.2) is 60.3 Å². The lowest BCUT2D eigenvalue weighted by Gasteiger charge is -2.22. The lowest BCUT2D eigenvalue weighted by molar-refractivity contribution is -0.113. The van der Waals surface area contributed by atoms with Crippen molar-refractivity contribution in [3.05, 3.63) is 82.1 Å². The number of nitrogens with zero attached hydrogens (tertiary/aromatic N) is 3. The molecule has 35 heavy (non-hydrogen) atoms. The van der Waals surface area contributed by atoms with Crippen LogP contribution in [-0.4, -0.2) is 32.3 Å². The Bertz CT molecular complexity index is 1230. The summed E-state index contributed by atoms with van der Waals surface area (Å²) in [6.45, 7) is 10.2. The predicted octanol–water partition coefficient (Wildman–Crippen LogP) is 5.94. The summed E-state index contributed by atoms with van der Waals surface area (Å²) in [7, 11) is 0. The Morgan fingerprint density at radius 2 is 1.94 bits per heavy atom. The van der Waals surface area contributed by atoms with Gasteiger partial charge in [0.1, 0.15) is 0 Å². The zero-order valence-electron chi connectivity index (χ0n) is 19.7. The van der Waals surface area contributed by atoms with E-state index in [0.29, 0.717) is 38.8 Å². The standard InChI is InChI=1S/C25H27Cl2N5O2S/c1-5-11-32-23(22(15(2)3)29-24(34)17-8-6-7-16(4)12-17)30-31-25(32)35-14-21(33)28-20-10-9-18(26)13-19(20)27/h5-10,12-13,15,22H,1,11,14H2,2-4H3,(H,28,33)(H,29,34)/t22-/m1/s1. The highest BCUT2D eigenvalue weighted by atomic mass is 35.5. The number of rotatable bonds is 10. The number of anilines is 1. The van der Waals surface area contributed by atoms with Crippen LogP contribution in [-0.2, 0) is 11.3 Å². The van der Waals surface area contributed by atoms with Gasteiger partial charge in [-0.25, -0.2) is 0 Å². The zero-order valence-corrected chi connectivity index (χ0v) is 22.0. The highest BCUT2D eigenvalue weighted by Crippen LogP contribution is 2.28. The molecule has 0 aliphatic rings. The number of benzene rings is 2. The normalized spacial score (nSPS) is 11.8. The second-order valence-electron chi connectivity index (χ2n) is 8.27. The molecule has 0 spiro atoms. The summed E-state index contributed by atoms with van der Waals surface area (Å²) in [5.41, 5.74) is 2.07. The molecule has 2 aromatic carbocycles. The molecule has 2 amide bonds. The topological polar surface area (TPSA) is 88.9 Å². The van der Waals surface area contributed by atoms with Gasteiger partial charge in [-0.2, -0.15) is 0 Å². The molecular weight excluding hydrogens is 505 g/mol. The van der Waals surface area contributed by atoms with Crippen molar-refractivity contribution in [2.75, 3.05) is 11.1 Å². The molecule has 0 bridgehead atoms. The number of aryl methyl sites for hydroxylation is 1. The molecule has 1 aromatic heterocycles. The monoisotopic (exact) mass is 531 g/mol. The summed E-state index contributed by atoms with van der Waals surface area (Å²) in [6.07, 6.45) is 1.73. The number of amides is 2. The molecule has 0 aliphatic carbocycles. The lowest BCUT2D eigenvalue weighted by Crippen LogP contribution is -2.34. The summed E-state index contributed by atoms with van der Waals surface area (Å²) in [4.78, 5) is 25.4. The van der Waals surface area contributed by atoms with Gasteiger partial charge in [0.2, 0.25) is 5.91 Å². The third-order valence-corrected chi connectivity index (χ3v) is 6.62. The largest absolute Gasteiger partial charge is 0.342 e. The fraction of sp³-hybridized carbons (Fsp3) is 0.280. The summed E-state index contributed by atoms with van der Waals surface area (Å²) < 4.78 is 1.86. The van der Waals surface area contributed by atoms with Gasteiger partial charge in [-0.1, -0.05) is 72.6 Å². The maximum atomic E-state index is 12.9. The third kappa shape index (κ3) is 7.10. The molecular formula is C25H27Cl2N5O2S. The highest BCUT2D eigenvalue weighted by molar-refractivity contribution is 7.99. The number of carbonyl (C=O) groups is 2. The van der Waals surface area contributed by atoms with Crippen molar-refractivity contribution >= 4 is 52.5 Å². The summed E-state index contributed by atoms with van der Waals surface area (Å²) in [5.74, 6) is 0.307. The maximum absolute atomic E-state index is 12.9. The molecule has 0 fully saturated rings. The first kappa shape index (κ1) is 26.8. The van der Waals surface area contributed by atoms with E-state index in [0.717, 1.165) is 5.56 Å². The van der Waals surface area contributed by atoms with Gasteiger partial charge in [0.15, 0.2) is 11.0 Å². The van der Waals surface area contributed by atoms with Crippen molar-refractivity contribution in [3.63, 3.8) is 0 Å². The van der Waals surface area contributed by atoms with E-state index in [2.05, 4.69) is 27.4 Å². The van der Waals surface area contributed by atoms with Crippen molar-refractivity contribution in [2.45, 2.75) is 38.5 Å². The van der Waals surface area contributed by atoms with E-state index < -0.39 is 0 Å². The molecule has 3 rings (SSSR count). The molecule has 1 heterocycles. The molecule has 0 saturated carbocycles. The number of nitrogens with one attached hydrogen (secondary N) is 2. The van der Waals surface area contributed by atoms with Crippen LogP contribution in [0.2, 0.25) is 10.0 Å². The summed E-state index contributed by atoms with van der Waals surface area (Å²) in [5, 5.41) is 15.9. The third-order valence-electron chi connectivity index (χ3n) is 5.11. The summed E-state index contributed by atoms with van der Waals surface area (Å²) in [6, 6.07) is 11.9. The van der Waals surface area contributed by atoms with Crippen LogP contribution in [0.3, 0.4) is 0 Å². The quantitative estimate of drug-likeness (QED) is 0.249. The average Bonchev–Trinajstić information content (AvgIpc) is 3.20. The van der Waals surface area contributed by atoms with E-state index in [1.54, 1.807) is 30.3 Å². The maximum Gasteiger partial charge on any atom is 0.251 e. The van der Waals surface area contributed by atoms with Crippen molar-refractivity contribution in [1.29, 1.82) is 0 Å². The van der Waals surface area contributed by atoms with E-state index in [9.17, 15) is 9.59 Å². The van der Waals surface area contributed by atoms with E-state index in [-0.39, 0.29) is 29.5 Å². The molecule has 1 atom stereocenters. The predicted molar refractivity (Wildman–Crippen MR) is 142 cm³/mol. The average molecular weight is 532 g/mol. The second kappa shape index (κ2) is 12.2. The van der Waals surface area contributed by atoms with Crippen molar-refractivity contribution in [1.82, 2.24) is 20.1 Å². The van der Waals surface area contributed by atoms with Crippen LogP contribution in [0.1, 0.15) is 41.6 Å². The fourth-order valence-electron chi connectivity index (χ4n) is 3.39. The number of hydrogen-bond acceptors (Lipinski definition) is 5. The van der Waals surface area contributed by atoms with Crippen LogP contribution in [0.4, 0.5) is 5.69 Å². The minimum Gasteiger partial charge on any atom is -0.342 e. The Kier molecular flexibility index (Phi) is 9.37. The van der Waals surface area contributed by atoms with Gasteiger partial charge in [-0.05, 0) is 43.2 Å². The van der Waals surface area contributed by atoms with Crippen molar-refractivity contribution in [2.24, 2.45) is 5.92 Å². The molecule has 0 saturated heterocycles. The van der Waals surface area contributed by atoms with E-state index >= 15 is 0 Å². The molecule has 0 aliphatic heterocycles. The number of allylic oxidation sites excluding steroid dienone is 1. The Morgan fingerprint density at radius 3 is 2.60 bits per heavy atom. The molecule has 2 N–H and O–H groups in total. The van der Waals surface area contributed by atoms with Gasteiger partial charge in [0.05, 0.1) is 22.5 Å². The first-order valence-electron chi connectivity index (χ1n) is 11.0. The first-order chi connectivity index (χ1) is 16.7. The Labute approximate surface area is 219 Å². The fourth-order valence-corrected chi connectivity index (χ4v) is 4.60. The smallest absolute Gasteiger partial charge is 0.251 e. The number of aromatic nitrogens is 3. The first-order valence-corrected chi connectivity index (χ1v) is 12.7. The highest BCUT2D eigenvalue weighted by Gasteiger charge is 2.26. The Morgan fingerprint density at radius 1 is 1.17 bits per heavy atom. The van der Waals surface area contributed by atoms with Crippen LogP contribution < -0.4 is 10.6 Å². The van der Waals surface area contributed by atoms with Gasteiger partial charge in [-0.3, -0.25) is 9.59 Å². The van der Waals surface area contributed by atoms with Crippen LogP contribution in [0.25, 0.3) is 0 Å². The number of thioether (sulfide) groups is 1. The van der Waals surface area contributed by atoms with Gasteiger partial charge >= 0.3 is 0 Å². The number of carbonyl (C=O) groups excluding carboxylic acids is 2. The SMILES string of the molecule is C=CCn1c(SCC(=O)Nc2ccc(Cl)cc2Cl)nnc1[C@H](NC(=O)c1cccc(C)c1)C(C)C. The molecule has 0 radical (unpaired) electrons. The van der Waals surface area contributed by atoms with Crippen molar-refractivity contribution in [3.8, 4) is 0 Å². The van der Waals surface area contributed by atoms with Crippen LogP contribution >= 0.6 is 35.0 Å². The van der Waals surface area contributed by atoms with E-state index in [1.165, 1.54) is 11.8 Å². The van der Waals surface area contributed by atoms with Crippen LogP contribution in [0, 0.1) is 12.8 Å². The number of hydrogen-bond donors (Lipinski definition) is 2. The molecule has 3 aromatic rings. The number of halogens is 2. The van der Waals surface area contributed by atoms with Gasteiger partial charge in [-0.15, -0.1) is 16.8 Å². The lowest BCUT2D eigenvalue weighted by atomic mass is 10.0. The molecule has 0 unspecified atom stereocenters. The second-order valence-corrected chi connectivity index (χ2v) is 10.1. The van der Waals surface area contributed by atoms with Gasteiger partial charge in [0.25, 0.3) is 5.91 Å². The Balaban J connectivity index is 1.75. The summed E-state index contributed by atoms with van der Waals surface area (Å²) >= 11 is 13.3. The molecule has 10 heteroatoms. The minimum absolute atomic E-state index is 0.0460. The van der Waals surface area contributed by atoms with Crippen molar-refractivity contribution < 1.29 is 9.59 Å². The van der Waals surface area contributed by atoms with E-state index in [1.807, 2.05) is 43.5 Å². The van der Waals surface area contributed by atoms with Crippen LogP contribution in [0.5, 0.6) is 0 Å². The van der Waals surface area contributed by atoms with E-state index in [4.69, 9.17) is 23.2 Å². The molecule has 184 valence electrons.